The first-order valence-corrected chi connectivity index (χ1v) is 11.8. The van der Waals surface area contributed by atoms with Crippen LogP contribution in [0, 0.1) is 0 Å². The number of hydrogen-bond donors (Lipinski definition) is 1. The second kappa shape index (κ2) is 17.1. The molecule has 5 nitrogen and oxygen atoms in total. The third-order valence-corrected chi connectivity index (χ3v) is 5.33. The van der Waals surface area contributed by atoms with Crippen molar-refractivity contribution in [2.24, 2.45) is 0 Å². The zero-order valence-electron chi connectivity index (χ0n) is 21.6. The molecule has 1 N–H and O–H groups in total. The largest absolute Gasteiger partial charge is 0.478 e. The molecule has 35 heavy (non-hydrogen) atoms. The SMILES string of the molecule is COC1CCN(C(=O)/C=C/C(C)=C/C=C/C(C)=C/C=C/C=C(C)/C=C/C=C(C)\C=C\C(=O)O)CC1. The van der Waals surface area contributed by atoms with E-state index in [4.69, 9.17) is 9.84 Å². The zero-order chi connectivity index (χ0) is 26.1. The summed E-state index contributed by atoms with van der Waals surface area (Å²) in [6, 6.07) is 0. The predicted octanol–water partition coefficient (Wildman–Crippen LogP) is 6.27. The molecule has 0 atom stereocenters. The van der Waals surface area contributed by atoms with Crippen molar-refractivity contribution in [2.45, 2.75) is 46.6 Å². The van der Waals surface area contributed by atoms with Gasteiger partial charge in [0.15, 0.2) is 0 Å². The topological polar surface area (TPSA) is 66.8 Å². The number of carboxylic acid groups (broad SMARTS) is 1. The van der Waals surface area contributed by atoms with Crippen LogP contribution >= 0.6 is 0 Å². The van der Waals surface area contributed by atoms with Gasteiger partial charge in [-0.1, -0.05) is 95.2 Å². The van der Waals surface area contributed by atoms with E-state index >= 15 is 0 Å². The molecule has 1 aliphatic heterocycles. The van der Waals surface area contributed by atoms with Crippen LogP contribution in [0.15, 0.2) is 107 Å². The molecule has 0 bridgehead atoms. The average molecular weight is 478 g/mol. The number of ether oxygens (including phenoxy) is 1. The van der Waals surface area contributed by atoms with Crippen molar-refractivity contribution in [3.05, 3.63) is 107 Å². The van der Waals surface area contributed by atoms with Crippen molar-refractivity contribution in [3.8, 4) is 0 Å². The maximum absolute atomic E-state index is 12.3. The lowest BCUT2D eigenvalue weighted by Gasteiger charge is -2.30. The number of nitrogens with zero attached hydrogens (tertiary/aromatic N) is 1. The smallest absolute Gasteiger partial charge is 0.328 e. The van der Waals surface area contributed by atoms with E-state index in [1.165, 1.54) is 0 Å². The van der Waals surface area contributed by atoms with Gasteiger partial charge in [0.2, 0.25) is 5.91 Å². The molecular weight excluding hydrogens is 438 g/mol. The Hall–Kier alpha value is -3.44. The minimum Gasteiger partial charge on any atom is -0.478 e. The quantitative estimate of drug-likeness (QED) is 0.281. The summed E-state index contributed by atoms with van der Waals surface area (Å²) < 4.78 is 5.35. The second-order valence-corrected chi connectivity index (χ2v) is 8.51. The van der Waals surface area contributed by atoms with Crippen LogP contribution in [0.4, 0.5) is 0 Å². The summed E-state index contributed by atoms with van der Waals surface area (Å²) in [4.78, 5) is 24.7. The fraction of sp³-hybridized carbons (Fsp3) is 0.333. The molecule has 0 saturated carbocycles. The van der Waals surface area contributed by atoms with Gasteiger partial charge in [0.1, 0.15) is 0 Å². The van der Waals surface area contributed by atoms with Crippen LogP contribution in [0.2, 0.25) is 0 Å². The summed E-state index contributed by atoms with van der Waals surface area (Å²) in [6.45, 7) is 9.35. The van der Waals surface area contributed by atoms with Crippen LogP contribution < -0.4 is 0 Å². The van der Waals surface area contributed by atoms with E-state index in [1.54, 1.807) is 19.3 Å². The Morgan fingerprint density at radius 2 is 1.11 bits per heavy atom. The molecule has 1 aliphatic rings. The first-order chi connectivity index (χ1) is 16.7. The van der Waals surface area contributed by atoms with Crippen LogP contribution in [0.25, 0.3) is 0 Å². The number of amides is 1. The van der Waals surface area contributed by atoms with Gasteiger partial charge in [0, 0.05) is 32.4 Å². The molecule has 1 amide bonds. The van der Waals surface area contributed by atoms with Gasteiger partial charge in [-0.2, -0.15) is 0 Å². The van der Waals surface area contributed by atoms with E-state index < -0.39 is 5.97 Å². The number of piperidine rings is 1. The van der Waals surface area contributed by atoms with Gasteiger partial charge < -0.3 is 14.7 Å². The predicted molar refractivity (Wildman–Crippen MR) is 145 cm³/mol. The molecule has 188 valence electrons. The molecule has 0 spiro atoms. The Labute approximate surface area is 210 Å². The number of aliphatic carboxylic acids is 1. The first kappa shape index (κ1) is 29.6. The highest BCUT2D eigenvalue weighted by atomic mass is 16.5. The number of hydrogen-bond acceptors (Lipinski definition) is 3. The van der Waals surface area contributed by atoms with Gasteiger partial charge in [-0.3, -0.25) is 4.79 Å². The number of likely N-dealkylation sites (tertiary alicyclic amines) is 1. The normalized spacial score (nSPS) is 17.8. The summed E-state index contributed by atoms with van der Waals surface area (Å²) in [6.07, 6.45) is 27.9. The first-order valence-electron chi connectivity index (χ1n) is 11.8. The molecule has 0 aromatic heterocycles. The highest BCUT2D eigenvalue weighted by Crippen LogP contribution is 2.13. The minimum absolute atomic E-state index is 0.0527. The van der Waals surface area contributed by atoms with Crippen LogP contribution in [-0.2, 0) is 14.3 Å². The van der Waals surface area contributed by atoms with E-state index in [0.29, 0.717) is 0 Å². The molecule has 5 heteroatoms. The van der Waals surface area contributed by atoms with Crippen molar-refractivity contribution >= 4 is 11.9 Å². The standard InChI is InChI=1S/C30H39NO4/c1-24(10-6-7-11-25(2)13-9-15-27(4)17-19-30(33)34)12-8-14-26(3)16-18-29(32)31-22-20-28(35-5)21-23-31/h6-19,28H,20-23H2,1-5H3,(H,33,34)/b7-6+,12-8+,13-9+,18-16+,19-17+,24-10+,25-11+,26-14+,27-15-. The van der Waals surface area contributed by atoms with Crippen molar-refractivity contribution in [3.63, 3.8) is 0 Å². The zero-order valence-corrected chi connectivity index (χ0v) is 21.6. The number of carboxylic acids is 1. The molecule has 1 rings (SSSR count). The van der Waals surface area contributed by atoms with Gasteiger partial charge >= 0.3 is 5.97 Å². The summed E-state index contributed by atoms with van der Waals surface area (Å²) in [5.74, 6) is -0.901. The van der Waals surface area contributed by atoms with Gasteiger partial charge in [-0.15, -0.1) is 0 Å². The monoisotopic (exact) mass is 477 g/mol. The fourth-order valence-corrected chi connectivity index (χ4v) is 3.16. The lowest BCUT2D eigenvalue weighted by Crippen LogP contribution is -2.39. The fourth-order valence-electron chi connectivity index (χ4n) is 3.16. The number of rotatable bonds is 11. The van der Waals surface area contributed by atoms with Gasteiger partial charge in [0.25, 0.3) is 0 Å². The number of carbonyl (C=O) groups is 2. The molecular formula is C30H39NO4. The van der Waals surface area contributed by atoms with Crippen LogP contribution in [0.5, 0.6) is 0 Å². The highest BCUT2D eigenvalue weighted by molar-refractivity contribution is 5.88. The molecule has 0 radical (unpaired) electrons. The minimum atomic E-state index is -0.953. The highest BCUT2D eigenvalue weighted by Gasteiger charge is 2.20. The van der Waals surface area contributed by atoms with Crippen molar-refractivity contribution in [2.75, 3.05) is 20.2 Å². The number of carbonyl (C=O) groups excluding carboxylic acids is 1. The van der Waals surface area contributed by atoms with E-state index in [2.05, 4.69) is 0 Å². The lowest BCUT2D eigenvalue weighted by atomic mass is 10.1. The Morgan fingerprint density at radius 3 is 1.57 bits per heavy atom. The van der Waals surface area contributed by atoms with Gasteiger partial charge in [-0.25, -0.2) is 4.79 Å². The summed E-state index contributed by atoms with van der Waals surface area (Å²) in [5.41, 5.74) is 4.07. The molecule has 1 fully saturated rings. The maximum Gasteiger partial charge on any atom is 0.328 e. The maximum atomic E-state index is 12.3. The van der Waals surface area contributed by atoms with Crippen molar-refractivity contribution in [1.82, 2.24) is 4.90 Å². The van der Waals surface area contributed by atoms with Crippen LogP contribution in [0.1, 0.15) is 40.5 Å². The second-order valence-electron chi connectivity index (χ2n) is 8.51. The number of allylic oxidation sites excluding steroid dienone is 16. The average Bonchev–Trinajstić information content (AvgIpc) is 2.84. The number of methoxy groups -OCH3 is 1. The van der Waals surface area contributed by atoms with Crippen LogP contribution in [-0.4, -0.2) is 48.2 Å². The Bertz CT molecular complexity index is 976. The molecule has 1 heterocycles. The Balaban J connectivity index is 2.50. The summed E-state index contributed by atoms with van der Waals surface area (Å²) >= 11 is 0. The summed E-state index contributed by atoms with van der Waals surface area (Å²) in [5, 5.41) is 8.62. The Morgan fingerprint density at radius 1 is 0.686 bits per heavy atom. The molecule has 1 saturated heterocycles. The van der Waals surface area contributed by atoms with E-state index in [-0.39, 0.29) is 12.0 Å². The molecule has 0 aromatic rings. The summed E-state index contributed by atoms with van der Waals surface area (Å²) in [7, 11) is 1.72. The van der Waals surface area contributed by atoms with E-state index in [0.717, 1.165) is 54.3 Å². The van der Waals surface area contributed by atoms with Gasteiger partial charge in [-0.05, 0) is 40.5 Å². The molecule has 0 aromatic carbocycles. The molecule has 0 aliphatic carbocycles. The van der Waals surface area contributed by atoms with Crippen molar-refractivity contribution in [1.29, 1.82) is 0 Å². The van der Waals surface area contributed by atoms with Crippen molar-refractivity contribution < 1.29 is 19.4 Å². The third kappa shape index (κ3) is 14.4. The molecule has 0 unspecified atom stereocenters. The van der Waals surface area contributed by atoms with E-state index in [9.17, 15) is 9.59 Å². The van der Waals surface area contributed by atoms with E-state index in [1.807, 2.05) is 99.4 Å². The van der Waals surface area contributed by atoms with Gasteiger partial charge in [0.05, 0.1) is 6.10 Å². The third-order valence-electron chi connectivity index (χ3n) is 5.33. The van der Waals surface area contributed by atoms with Crippen LogP contribution in [0.3, 0.4) is 0 Å². The lowest BCUT2D eigenvalue weighted by molar-refractivity contribution is -0.131. The Kier molecular flexibility index (Phi) is 14.4.